The fourth-order valence-electron chi connectivity index (χ4n) is 5.82. The average molecular weight is 528 g/mol. The second-order valence-electron chi connectivity index (χ2n) is 10.5. The number of esters is 2. The van der Waals surface area contributed by atoms with E-state index >= 15 is 0 Å². The Morgan fingerprint density at radius 1 is 0.872 bits per heavy atom. The molecule has 202 valence electrons. The van der Waals surface area contributed by atoms with Gasteiger partial charge in [-0.2, -0.15) is 0 Å². The molecule has 0 aromatic heterocycles. The van der Waals surface area contributed by atoms with Gasteiger partial charge in [-0.05, 0) is 36.8 Å². The van der Waals surface area contributed by atoms with Gasteiger partial charge >= 0.3 is 11.9 Å². The Morgan fingerprint density at radius 3 is 2.13 bits per heavy atom. The van der Waals surface area contributed by atoms with Crippen LogP contribution >= 0.6 is 0 Å². The van der Waals surface area contributed by atoms with Crippen molar-refractivity contribution < 1.29 is 28.3 Å². The van der Waals surface area contributed by atoms with Crippen LogP contribution in [0.3, 0.4) is 0 Å². The van der Waals surface area contributed by atoms with Gasteiger partial charge in [-0.25, -0.2) is 9.59 Å². The SMILES string of the molecule is CCOC(=O)c1ccc(C(=O)C[N+]23CCC(CC2)C(OC(=O)[C@H](Nc2ccccc2)c2ccccc2)C3)cc1. The Labute approximate surface area is 229 Å². The third kappa shape index (κ3) is 6.20. The number of Topliss-reactive ketones (excluding diaryl/α,β-unsaturated/α-hetero) is 1. The number of rotatable bonds is 10. The van der Waals surface area contributed by atoms with Gasteiger partial charge in [0.15, 0.2) is 12.1 Å². The van der Waals surface area contributed by atoms with Crippen LogP contribution < -0.4 is 5.32 Å². The summed E-state index contributed by atoms with van der Waals surface area (Å²) >= 11 is 0. The molecule has 1 N–H and O–H groups in total. The molecule has 1 unspecified atom stereocenters. The van der Waals surface area contributed by atoms with Gasteiger partial charge in [0.25, 0.3) is 0 Å². The number of fused-ring (bicyclic) bond motifs is 3. The van der Waals surface area contributed by atoms with Crippen LogP contribution in [0.2, 0.25) is 0 Å². The van der Waals surface area contributed by atoms with Crippen molar-refractivity contribution in [3.05, 3.63) is 102 Å². The van der Waals surface area contributed by atoms with E-state index in [4.69, 9.17) is 9.47 Å². The smallest absolute Gasteiger partial charge is 0.338 e. The minimum Gasteiger partial charge on any atom is -0.462 e. The molecule has 3 saturated heterocycles. The number of quaternary nitrogens is 1. The summed E-state index contributed by atoms with van der Waals surface area (Å²) in [5.74, 6) is -0.357. The third-order valence-electron chi connectivity index (χ3n) is 7.96. The highest BCUT2D eigenvalue weighted by molar-refractivity contribution is 5.98. The van der Waals surface area contributed by atoms with Crippen molar-refractivity contribution in [3.8, 4) is 0 Å². The summed E-state index contributed by atoms with van der Waals surface area (Å²) < 4.78 is 11.9. The summed E-state index contributed by atoms with van der Waals surface area (Å²) in [6.07, 6.45) is 1.62. The average Bonchev–Trinajstić information content (AvgIpc) is 2.97. The molecule has 0 saturated carbocycles. The highest BCUT2D eigenvalue weighted by atomic mass is 16.5. The number of nitrogens with zero attached hydrogens (tertiary/aromatic N) is 1. The molecule has 2 bridgehead atoms. The Balaban J connectivity index is 1.27. The van der Waals surface area contributed by atoms with Crippen molar-refractivity contribution in [1.29, 1.82) is 0 Å². The van der Waals surface area contributed by atoms with Crippen LogP contribution in [-0.2, 0) is 14.3 Å². The van der Waals surface area contributed by atoms with E-state index in [0.717, 1.165) is 37.2 Å². The maximum absolute atomic E-state index is 13.6. The fourth-order valence-corrected chi connectivity index (χ4v) is 5.82. The quantitative estimate of drug-likeness (QED) is 0.226. The molecule has 3 heterocycles. The van der Waals surface area contributed by atoms with Gasteiger partial charge < -0.3 is 19.3 Å². The van der Waals surface area contributed by atoms with Crippen molar-refractivity contribution >= 4 is 23.4 Å². The first-order valence-electron chi connectivity index (χ1n) is 13.7. The number of para-hydroxylation sites is 1. The molecule has 3 aromatic carbocycles. The molecule has 3 aliphatic heterocycles. The second-order valence-corrected chi connectivity index (χ2v) is 10.5. The molecule has 3 aliphatic rings. The number of hydrogen-bond donors (Lipinski definition) is 1. The molecule has 2 atom stereocenters. The summed E-state index contributed by atoms with van der Waals surface area (Å²) in [5, 5.41) is 3.35. The Morgan fingerprint density at radius 2 is 1.49 bits per heavy atom. The van der Waals surface area contributed by atoms with Gasteiger partial charge in [0.1, 0.15) is 13.1 Å². The van der Waals surface area contributed by atoms with Gasteiger partial charge in [0.05, 0.1) is 25.3 Å². The van der Waals surface area contributed by atoms with Crippen molar-refractivity contribution in [2.45, 2.75) is 31.9 Å². The molecule has 3 fully saturated rings. The minimum atomic E-state index is -0.628. The highest BCUT2D eigenvalue weighted by Gasteiger charge is 2.49. The van der Waals surface area contributed by atoms with Crippen LogP contribution in [0.5, 0.6) is 0 Å². The first-order chi connectivity index (χ1) is 19.0. The largest absolute Gasteiger partial charge is 0.462 e. The summed E-state index contributed by atoms with van der Waals surface area (Å²) in [7, 11) is 0. The van der Waals surface area contributed by atoms with Crippen molar-refractivity contribution in [2.75, 3.05) is 38.1 Å². The lowest BCUT2D eigenvalue weighted by Gasteiger charge is -2.51. The van der Waals surface area contributed by atoms with E-state index in [9.17, 15) is 14.4 Å². The summed E-state index contributed by atoms with van der Waals surface area (Å²) in [4.78, 5) is 38.8. The van der Waals surface area contributed by atoms with Crippen molar-refractivity contribution in [3.63, 3.8) is 0 Å². The van der Waals surface area contributed by atoms with Gasteiger partial charge in [-0.1, -0.05) is 60.7 Å². The molecule has 6 rings (SSSR count). The van der Waals surface area contributed by atoms with Crippen LogP contribution in [0.25, 0.3) is 0 Å². The van der Waals surface area contributed by atoms with Crippen LogP contribution in [0.15, 0.2) is 84.9 Å². The zero-order valence-corrected chi connectivity index (χ0v) is 22.3. The van der Waals surface area contributed by atoms with Crippen LogP contribution in [0.4, 0.5) is 5.69 Å². The highest BCUT2D eigenvalue weighted by Crippen LogP contribution is 2.36. The fraction of sp³-hybridized carbons (Fsp3) is 0.344. The van der Waals surface area contributed by atoms with Crippen LogP contribution in [0, 0.1) is 5.92 Å². The summed E-state index contributed by atoms with van der Waals surface area (Å²) in [6.45, 7) is 4.85. The number of carbonyl (C=O) groups excluding carboxylic acids is 3. The minimum absolute atomic E-state index is 0.0312. The van der Waals surface area contributed by atoms with E-state index in [1.807, 2.05) is 60.7 Å². The molecular formula is C32H35N2O5+. The topological polar surface area (TPSA) is 81.7 Å². The predicted molar refractivity (Wildman–Crippen MR) is 148 cm³/mol. The summed E-state index contributed by atoms with van der Waals surface area (Å²) in [5.41, 5.74) is 2.70. The monoisotopic (exact) mass is 527 g/mol. The maximum Gasteiger partial charge on any atom is 0.338 e. The number of ether oxygens (including phenoxy) is 2. The molecule has 0 radical (unpaired) electrons. The standard InChI is InChI=1S/C32H35N2O5/c1-2-38-31(36)26-15-13-23(14-16-26)28(35)21-34-19-17-24(18-20-34)29(22-34)39-32(37)30(25-9-5-3-6-10-25)33-27-11-7-4-8-12-27/h3-16,24,29-30,33H,2,17-22H2,1H3/q+1/t24?,29?,30-,34?/m1/s1. The normalized spacial score (nSPS) is 22.5. The van der Waals surface area contributed by atoms with Crippen LogP contribution in [-0.4, -0.2) is 61.1 Å². The molecule has 7 heteroatoms. The lowest BCUT2D eigenvalue weighted by molar-refractivity contribution is -0.938. The Kier molecular flexibility index (Phi) is 8.07. The molecule has 3 aromatic rings. The second kappa shape index (κ2) is 11.8. The number of carbonyl (C=O) groups is 3. The van der Waals surface area contributed by atoms with Crippen molar-refractivity contribution in [2.24, 2.45) is 5.92 Å². The first-order valence-corrected chi connectivity index (χ1v) is 13.7. The first kappa shape index (κ1) is 26.6. The molecular weight excluding hydrogens is 492 g/mol. The summed E-state index contributed by atoms with van der Waals surface area (Å²) in [6, 6.07) is 25.3. The predicted octanol–water partition coefficient (Wildman–Crippen LogP) is 5.05. The van der Waals surface area contributed by atoms with E-state index in [2.05, 4.69) is 5.32 Å². The van der Waals surface area contributed by atoms with Gasteiger partial charge in [-0.3, -0.25) is 4.79 Å². The van der Waals surface area contributed by atoms with E-state index < -0.39 is 12.0 Å². The van der Waals surface area contributed by atoms with Gasteiger partial charge in [0.2, 0.25) is 5.78 Å². The molecule has 0 aliphatic carbocycles. The zero-order valence-electron chi connectivity index (χ0n) is 22.3. The van der Waals surface area contributed by atoms with Gasteiger partial charge in [0, 0.05) is 30.0 Å². The number of benzene rings is 3. The lowest BCUT2D eigenvalue weighted by atomic mass is 9.82. The van der Waals surface area contributed by atoms with E-state index in [0.29, 0.717) is 41.2 Å². The molecule has 0 spiro atoms. The zero-order chi connectivity index (χ0) is 27.2. The van der Waals surface area contributed by atoms with E-state index in [-0.39, 0.29) is 17.9 Å². The molecule has 0 amide bonds. The van der Waals surface area contributed by atoms with Gasteiger partial charge in [-0.15, -0.1) is 0 Å². The third-order valence-corrected chi connectivity index (χ3v) is 7.96. The van der Waals surface area contributed by atoms with Crippen molar-refractivity contribution in [1.82, 2.24) is 0 Å². The Bertz CT molecular complexity index is 1290. The number of ketones is 1. The van der Waals surface area contributed by atoms with Crippen LogP contribution in [0.1, 0.15) is 52.1 Å². The number of anilines is 1. The molecule has 7 nitrogen and oxygen atoms in total. The van der Waals surface area contributed by atoms with E-state index in [1.54, 1.807) is 31.2 Å². The lowest BCUT2D eigenvalue weighted by Crippen LogP contribution is -2.65. The Hall–Kier alpha value is -3.97. The van der Waals surface area contributed by atoms with E-state index in [1.165, 1.54) is 0 Å². The number of nitrogens with one attached hydrogen (secondary N) is 1. The number of piperidine rings is 3. The maximum atomic E-state index is 13.6. The number of hydrogen-bond acceptors (Lipinski definition) is 6. The molecule has 39 heavy (non-hydrogen) atoms.